The molecule has 0 aliphatic heterocycles. The molecule has 1 heterocycles. The lowest BCUT2D eigenvalue weighted by Gasteiger charge is -2.26. The van der Waals surface area contributed by atoms with Crippen LogP contribution in [0.2, 0.25) is 0 Å². The summed E-state index contributed by atoms with van der Waals surface area (Å²) in [6, 6.07) is 18.9. The fraction of sp³-hybridized carbons (Fsp3) is 0.263. The largest absolute Gasteiger partial charge is 0.383 e. The van der Waals surface area contributed by atoms with Crippen LogP contribution in [-0.2, 0) is 0 Å². The molecule has 2 aromatic carbocycles. The van der Waals surface area contributed by atoms with Gasteiger partial charge < -0.3 is 5.11 Å². The Balaban J connectivity index is 1.62. The molecule has 0 spiro atoms. The first-order valence-corrected chi connectivity index (χ1v) is 8.39. The van der Waals surface area contributed by atoms with Gasteiger partial charge >= 0.3 is 0 Å². The average molecular weight is 294 g/mol. The first kappa shape index (κ1) is 13.1. The molecule has 0 saturated heterocycles. The lowest BCUT2D eigenvalue weighted by Crippen LogP contribution is -2.08. The zero-order chi connectivity index (χ0) is 14.2. The molecule has 3 aromatic rings. The summed E-state index contributed by atoms with van der Waals surface area (Å²) < 4.78 is 1.23. The summed E-state index contributed by atoms with van der Waals surface area (Å²) in [7, 11) is 0. The van der Waals surface area contributed by atoms with Crippen LogP contribution in [0.1, 0.15) is 47.3 Å². The monoisotopic (exact) mass is 294 g/mol. The van der Waals surface area contributed by atoms with Gasteiger partial charge in [-0.1, -0.05) is 48.9 Å². The minimum Gasteiger partial charge on any atom is -0.383 e. The Morgan fingerprint density at radius 3 is 2.43 bits per heavy atom. The van der Waals surface area contributed by atoms with E-state index < -0.39 is 6.10 Å². The quantitative estimate of drug-likeness (QED) is 0.699. The van der Waals surface area contributed by atoms with Gasteiger partial charge in [0.1, 0.15) is 6.10 Å². The van der Waals surface area contributed by atoms with E-state index in [9.17, 15) is 5.11 Å². The molecule has 1 fully saturated rings. The van der Waals surface area contributed by atoms with Gasteiger partial charge in [0, 0.05) is 9.58 Å². The van der Waals surface area contributed by atoms with Crippen molar-refractivity contribution in [3.8, 4) is 0 Å². The van der Waals surface area contributed by atoms with Crippen molar-refractivity contribution in [2.75, 3.05) is 0 Å². The van der Waals surface area contributed by atoms with E-state index in [0.29, 0.717) is 0 Å². The van der Waals surface area contributed by atoms with E-state index in [-0.39, 0.29) is 0 Å². The third-order valence-corrected chi connectivity index (χ3v) is 5.71. The van der Waals surface area contributed by atoms with E-state index in [2.05, 4.69) is 42.5 Å². The highest BCUT2D eigenvalue weighted by molar-refractivity contribution is 7.19. The summed E-state index contributed by atoms with van der Waals surface area (Å²) >= 11 is 1.68. The number of aliphatic hydroxyl groups is 1. The molecule has 106 valence electrons. The molecular formula is C19H18OS. The van der Waals surface area contributed by atoms with Gasteiger partial charge in [-0.2, -0.15) is 0 Å². The summed E-state index contributed by atoms with van der Waals surface area (Å²) in [5.41, 5.74) is 2.41. The van der Waals surface area contributed by atoms with Crippen LogP contribution in [-0.4, -0.2) is 5.11 Å². The van der Waals surface area contributed by atoms with Gasteiger partial charge in [0.2, 0.25) is 0 Å². The minimum absolute atomic E-state index is 0.516. The van der Waals surface area contributed by atoms with Crippen LogP contribution in [0.15, 0.2) is 54.6 Å². The molecule has 1 aromatic heterocycles. The summed E-state index contributed by atoms with van der Waals surface area (Å²) in [6.45, 7) is 0. The van der Waals surface area contributed by atoms with Crippen molar-refractivity contribution in [1.82, 2.24) is 0 Å². The van der Waals surface area contributed by atoms with Crippen LogP contribution in [0.3, 0.4) is 0 Å². The van der Waals surface area contributed by atoms with Gasteiger partial charge in [-0.3, -0.25) is 0 Å². The van der Waals surface area contributed by atoms with E-state index >= 15 is 0 Å². The van der Waals surface area contributed by atoms with Gasteiger partial charge in [0.05, 0.1) is 0 Å². The highest BCUT2D eigenvalue weighted by Gasteiger charge is 2.20. The first-order valence-electron chi connectivity index (χ1n) is 7.58. The van der Waals surface area contributed by atoms with E-state index in [0.717, 1.165) is 16.4 Å². The summed E-state index contributed by atoms with van der Waals surface area (Å²) in [5.74, 6) is 0.750. The fourth-order valence-electron chi connectivity index (χ4n) is 2.99. The van der Waals surface area contributed by atoms with Gasteiger partial charge in [-0.15, -0.1) is 11.3 Å². The maximum atomic E-state index is 10.6. The SMILES string of the molecule is OC(c1ccc(C2CCC2)cc1)c1cc2ccccc2s1. The van der Waals surface area contributed by atoms with E-state index in [1.54, 1.807) is 11.3 Å². The van der Waals surface area contributed by atoms with Crippen molar-refractivity contribution in [1.29, 1.82) is 0 Å². The second kappa shape index (κ2) is 5.28. The number of rotatable bonds is 3. The second-order valence-corrected chi connectivity index (χ2v) is 7.00. The molecule has 0 radical (unpaired) electrons. The Morgan fingerprint density at radius 1 is 1.00 bits per heavy atom. The van der Waals surface area contributed by atoms with E-state index in [4.69, 9.17) is 0 Å². The Bertz CT molecular complexity index is 720. The van der Waals surface area contributed by atoms with Crippen LogP contribution in [0.5, 0.6) is 0 Å². The Kier molecular flexibility index (Phi) is 3.28. The van der Waals surface area contributed by atoms with E-state index in [1.807, 2.05) is 12.1 Å². The van der Waals surface area contributed by atoms with Crippen LogP contribution >= 0.6 is 11.3 Å². The van der Waals surface area contributed by atoms with Crippen molar-refractivity contribution in [2.24, 2.45) is 0 Å². The van der Waals surface area contributed by atoms with Crippen molar-refractivity contribution in [3.05, 3.63) is 70.6 Å². The van der Waals surface area contributed by atoms with Crippen molar-refractivity contribution >= 4 is 21.4 Å². The standard InChI is InChI=1S/C19H18OS/c20-19(18-12-16-4-1-2-7-17(16)21-18)15-10-8-14(9-11-15)13-5-3-6-13/h1-2,4,7-13,19-20H,3,5-6H2. The summed E-state index contributed by atoms with van der Waals surface area (Å²) in [4.78, 5) is 1.02. The minimum atomic E-state index is -0.516. The van der Waals surface area contributed by atoms with Gasteiger partial charge in [0.25, 0.3) is 0 Å². The average Bonchev–Trinajstić information content (AvgIpc) is 2.89. The molecule has 1 atom stereocenters. The smallest absolute Gasteiger partial charge is 0.113 e. The zero-order valence-corrected chi connectivity index (χ0v) is 12.6. The molecule has 1 aliphatic carbocycles. The molecule has 0 bridgehead atoms. The van der Waals surface area contributed by atoms with Crippen LogP contribution in [0, 0.1) is 0 Å². The van der Waals surface area contributed by atoms with Crippen LogP contribution in [0.4, 0.5) is 0 Å². The molecule has 1 saturated carbocycles. The molecule has 1 aliphatic rings. The Labute approximate surface area is 128 Å². The molecular weight excluding hydrogens is 276 g/mol. The Morgan fingerprint density at radius 2 is 1.76 bits per heavy atom. The molecule has 21 heavy (non-hydrogen) atoms. The normalized spacial score (nSPS) is 16.8. The second-order valence-electron chi connectivity index (χ2n) is 5.88. The number of hydrogen-bond donors (Lipinski definition) is 1. The number of fused-ring (bicyclic) bond motifs is 1. The number of benzene rings is 2. The lowest BCUT2D eigenvalue weighted by atomic mass is 9.80. The van der Waals surface area contributed by atoms with E-state index in [1.165, 1.54) is 34.9 Å². The molecule has 0 amide bonds. The maximum Gasteiger partial charge on any atom is 0.113 e. The predicted octanol–water partition coefficient (Wildman–Crippen LogP) is 5.25. The van der Waals surface area contributed by atoms with Gasteiger partial charge in [-0.25, -0.2) is 0 Å². The third-order valence-electron chi connectivity index (χ3n) is 4.54. The van der Waals surface area contributed by atoms with Crippen molar-refractivity contribution in [2.45, 2.75) is 31.3 Å². The third kappa shape index (κ3) is 2.39. The highest BCUT2D eigenvalue weighted by Crippen LogP contribution is 2.37. The topological polar surface area (TPSA) is 20.2 Å². The molecule has 1 nitrogen and oxygen atoms in total. The number of aliphatic hydroxyl groups excluding tert-OH is 1. The van der Waals surface area contributed by atoms with Gasteiger partial charge in [0.15, 0.2) is 0 Å². The molecule has 1 N–H and O–H groups in total. The number of thiophene rings is 1. The molecule has 1 unspecified atom stereocenters. The van der Waals surface area contributed by atoms with Crippen molar-refractivity contribution < 1.29 is 5.11 Å². The molecule has 4 rings (SSSR count). The van der Waals surface area contributed by atoms with Crippen LogP contribution < -0.4 is 0 Å². The summed E-state index contributed by atoms with van der Waals surface area (Å²) in [5, 5.41) is 11.8. The Hall–Kier alpha value is -1.64. The fourth-order valence-corrected chi connectivity index (χ4v) is 4.07. The maximum absolute atomic E-state index is 10.6. The number of hydrogen-bond acceptors (Lipinski definition) is 2. The van der Waals surface area contributed by atoms with Crippen molar-refractivity contribution in [3.63, 3.8) is 0 Å². The van der Waals surface area contributed by atoms with Gasteiger partial charge in [-0.05, 0) is 47.4 Å². The summed E-state index contributed by atoms with van der Waals surface area (Å²) in [6.07, 6.45) is 3.48. The lowest BCUT2D eigenvalue weighted by molar-refractivity contribution is 0.224. The highest BCUT2D eigenvalue weighted by atomic mass is 32.1. The van der Waals surface area contributed by atoms with Crippen LogP contribution in [0.25, 0.3) is 10.1 Å². The molecule has 2 heteroatoms. The predicted molar refractivity (Wildman–Crippen MR) is 88.9 cm³/mol. The first-order chi connectivity index (χ1) is 10.3. The zero-order valence-electron chi connectivity index (χ0n) is 11.8.